The van der Waals surface area contributed by atoms with Crippen LogP contribution < -0.4 is 19.1 Å². The van der Waals surface area contributed by atoms with Gasteiger partial charge in [0.15, 0.2) is 0 Å². The van der Waals surface area contributed by atoms with Crippen LogP contribution in [0.5, 0.6) is 11.5 Å². The van der Waals surface area contributed by atoms with E-state index in [0.29, 0.717) is 24.5 Å². The summed E-state index contributed by atoms with van der Waals surface area (Å²) in [6, 6.07) is 21.0. The summed E-state index contributed by atoms with van der Waals surface area (Å²) in [5, 5.41) is 2.93. The second kappa shape index (κ2) is 15.1. The van der Waals surface area contributed by atoms with Crippen molar-refractivity contribution in [2.24, 2.45) is 0 Å². The first kappa shape index (κ1) is 31.5. The lowest BCUT2D eigenvalue weighted by atomic mass is 10.1. The number of hydrogen-bond acceptors (Lipinski definition) is 6. The number of carbonyl (C=O) groups excluding carboxylic acids is 2. The van der Waals surface area contributed by atoms with Crippen molar-refractivity contribution in [1.82, 2.24) is 10.2 Å². The molecular weight excluding hydrogens is 542 g/mol. The first-order valence-corrected chi connectivity index (χ1v) is 15.1. The van der Waals surface area contributed by atoms with Crippen molar-refractivity contribution in [3.8, 4) is 11.5 Å². The van der Waals surface area contributed by atoms with E-state index in [2.05, 4.69) is 5.32 Å². The van der Waals surface area contributed by atoms with E-state index >= 15 is 0 Å². The highest BCUT2D eigenvalue weighted by Gasteiger charge is 2.34. The summed E-state index contributed by atoms with van der Waals surface area (Å²) in [7, 11) is -1.19. The zero-order valence-corrected chi connectivity index (χ0v) is 24.9. The van der Waals surface area contributed by atoms with E-state index in [-0.39, 0.29) is 23.0 Å². The maximum Gasteiger partial charge on any atom is 0.264 e. The van der Waals surface area contributed by atoms with E-state index in [1.54, 1.807) is 67.8 Å². The van der Waals surface area contributed by atoms with E-state index < -0.39 is 28.5 Å². The number of unbranched alkanes of at least 4 members (excludes halogenated alkanes) is 1. The standard InChI is InChI=1S/C31H39N3O6S/c1-5-7-20-32-31(36)27(6-2)33(22-24-14-13-15-25(21-24)39-3)30(35)23-34(28-18-11-12-19-29(28)40-4)41(37,38)26-16-9-8-10-17-26/h8-19,21,27H,5-7,20,22-23H2,1-4H3,(H,32,36)/t27-/m1/s1. The molecule has 3 aromatic rings. The fourth-order valence-electron chi connectivity index (χ4n) is 4.46. The molecule has 3 aromatic carbocycles. The number of para-hydroxylation sites is 2. The summed E-state index contributed by atoms with van der Waals surface area (Å²) in [5.41, 5.74) is 0.959. The van der Waals surface area contributed by atoms with Crippen LogP contribution in [0.1, 0.15) is 38.7 Å². The van der Waals surface area contributed by atoms with Crippen LogP contribution in [0.25, 0.3) is 0 Å². The molecule has 0 bridgehead atoms. The second-order valence-corrected chi connectivity index (χ2v) is 11.3. The van der Waals surface area contributed by atoms with Crippen LogP contribution in [-0.2, 0) is 26.2 Å². The van der Waals surface area contributed by atoms with E-state index in [1.165, 1.54) is 24.1 Å². The summed E-state index contributed by atoms with van der Waals surface area (Å²) in [4.78, 5) is 28.9. The number of anilines is 1. The zero-order chi connectivity index (χ0) is 29.8. The molecule has 0 aliphatic rings. The van der Waals surface area contributed by atoms with Gasteiger partial charge in [-0.1, -0.05) is 62.7 Å². The second-order valence-electron chi connectivity index (χ2n) is 9.44. The third-order valence-corrected chi connectivity index (χ3v) is 8.44. The lowest BCUT2D eigenvalue weighted by Crippen LogP contribution is -2.52. The average molecular weight is 582 g/mol. The molecule has 41 heavy (non-hydrogen) atoms. The van der Waals surface area contributed by atoms with Crippen molar-refractivity contribution in [1.29, 1.82) is 0 Å². The average Bonchev–Trinajstić information content (AvgIpc) is 3.00. The highest BCUT2D eigenvalue weighted by Crippen LogP contribution is 2.32. The van der Waals surface area contributed by atoms with Crippen LogP contribution in [0.3, 0.4) is 0 Å². The Morgan fingerprint density at radius 2 is 1.61 bits per heavy atom. The lowest BCUT2D eigenvalue weighted by molar-refractivity contribution is -0.140. The molecule has 1 atom stereocenters. The Morgan fingerprint density at radius 3 is 2.27 bits per heavy atom. The number of nitrogens with zero attached hydrogens (tertiary/aromatic N) is 2. The van der Waals surface area contributed by atoms with Gasteiger partial charge < -0.3 is 19.7 Å². The van der Waals surface area contributed by atoms with Gasteiger partial charge >= 0.3 is 0 Å². The minimum Gasteiger partial charge on any atom is -0.497 e. The quantitative estimate of drug-likeness (QED) is 0.263. The minimum atomic E-state index is -4.18. The number of methoxy groups -OCH3 is 2. The van der Waals surface area contributed by atoms with Crippen LogP contribution in [-0.4, -0.2) is 58.5 Å². The number of nitrogens with one attached hydrogen (secondary N) is 1. The third kappa shape index (κ3) is 8.00. The maximum absolute atomic E-state index is 14.2. The van der Waals surface area contributed by atoms with E-state index in [1.807, 2.05) is 19.9 Å². The van der Waals surface area contributed by atoms with Gasteiger partial charge in [-0.25, -0.2) is 8.42 Å². The Labute approximate surface area is 243 Å². The van der Waals surface area contributed by atoms with Crippen LogP contribution in [0.4, 0.5) is 5.69 Å². The topological polar surface area (TPSA) is 105 Å². The van der Waals surface area contributed by atoms with E-state index in [9.17, 15) is 18.0 Å². The molecule has 2 amide bonds. The zero-order valence-electron chi connectivity index (χ0n) is 24.1. The van der Waals surface area contributed by atoms with E-state index in [4.69, 9.17) is 9.47 Å². The Kier molecular flexibility index (Phi) is 11.6. The van der Waals surface area contributed by atoms with Gasteiger partial charge in [-0.3, -0.25) is 13.9 Å². The molecule has 9 nitrogen and oxygen atoms in total. The molecule has 0 fully saturated rings. The van der Waals surface area contributed by atoms with Gasteiger partial charge in [0.1, 0.15) is 24.1 Å². The van der Waals surface area contributed by atoms with Gasteiger partial charge in [0, 0.05) is 13.1 Å². The molecule has 0 heterocycles. The van der Waals surface area contributed by atoms with E-state index in [0.717, 1.165) is 22.7 Å². The predicted octanol–water partition coefficient (Wildman–Crippen LogP) is 4.62. The largest absolute Gasteiger partial charge is 0.497 e. The fraction of sp³-hybridized carbons (Fsp3) is 0.355. The lowest BCUT2D eigenvalue weighted by Gasteiger charge is -2.33. The molecule has 0 saturated carbocycles. The fourth-order valence-corrected chi connectivity index (χ4v) is 5.91. The summed E-state index contributed by atoms with van der Waals surface area (Å²) < 4.78 is 39.8. The molecule has 10 heteroatoms. The third-order valence-electron chi connectivity index (χ3n) is 6.67. The van der Waals surface area contributed by atoms with Crippen molar-refractivity contribution in [2.75, 3.05) is 31.6 Å². The van der Waals surface area contributed by atoms with Gasteiger partial charge in [-0.05, 0) is 54.8 Å². The summed E-state index contributed by atoms with van der Waals surface area (Å²) >= 11 is 0. The Bertz CT molecular complexity index is 1400. The summed E-state index contributed by atoms with van der Waals surface area (Å²) in [6.45, 7) is 3.89. The Hall–Kier alpha value is -4.05. The number of ether oxygens (including phenoxy) is 2. The van der Waals surface area contributed by atoms with Crippen molar-refractivity contribution >= 4 is 27.5 Å². The molecule has 1 N–H and O–H groups in total. The molecule has 0 saturated heterocycles. The normalized spacial score (nSPS) is 11.8. The Balaban J connectivity index is 2.07. The van der Waals surface area contributed by atoms with Crippen molar-refractivity contribution in [2.45, 2.75) is 50.6 Å². The van der Waals surface area contributed by atoms with Gasteiger partial charge in [0.05, 0.1) is 24.8 Å². The molecule has 0 spiro atoms. The number of hydrogen-bond donors (Lipinski definition) is 1. The molecule has 0 unspecified atom stereocenters. The van der Waals surface area contributed by atoms with Gasteiger partial charge in [0.25, 0.3) is 10.0 Å². The summed E-state index contributed by atoms with van der Waals surface area (Å²) in [6.07, 6.45) is 2.06. The monoisotopic (exact) mass is 581 g/mol. The SMILES string of the molecule is CCCCNC(=O)[C@@H](CC)N(Cc1cccc(OC)c1)C(=O)CN(c1ccccc1OC)S(=O)(=O)c1ccccc1. The predicted molar refractivity (Wildman–Crippen MR) is 160 cm³/mol. The number of amides is 2. The molecular formula is C31H39N3O6S. The molecule has 220 valence electrons. The summed E-state index contributed by atoms with van der Waals surface area (Å²) in [5.74, 6) is 0.0869. The number of sulfonamides is 1. The number of rotatable bonds is 15. The first-order valence-electron chi connectivity index (χ1n) is 13.7. The molecule has 0 radical (unpaired) electrons. The highest BCUT2D eigenvalue weighted by molar-refractivity contribution is 7.92. The smallest absolute Gasteiger partial charge is 0.264 e. The van der Waals surface area contributed by atoms with Crippen LogP contribution in [0.2, 0.25) is 0 Å². The first-order chi connectivity index (χ1) is 19.8. The molecule has 0 aromatic heterocycles. The highest BCUT2D eigenvalue weighted by atomic mass is 32.2. The van der Waals surface area contributed by atoms with Gasteiger partial charge in [-0.15, -0.1) is 0 Å². The van der Waals surface area contributed by atoms with Crippen LogP contribution in [0.15, 0.2) is 83.8 Å². The number of benzene rings is 3. The molecule has 0 aliphatic carbocycles. The van der Waals surface area contributed by atoms with Gasteiger partial charge in [0.2, 0.25) is 11.8 Å². The van der Waals surface area contributed by atoms with Crippen LogP contribution >= 0.6 is 0 Å². The van der Waals surface area contributed by atoms with Crippen molar-refractivity contribution < 1.29 is 27.5 Å². The van der Waals surface area contributed by atoms with Crippen LogP contribution in [0, 0.1) is 0 Å². The van der Waals surface area contributed by atoms with Crippen molar-refractivity contribution in [3.05, 3.63) is 84.4 Å². The minimum absolute atomic E-state index is 0.0300. The number of carbonyl (C=O) groups is 2. The molecule has 3 rings (SSSR count). The molecule has 0 aliphatic heterocycles. The maximum atomic E-state index is 14.2. The Morgan fingerprint density at radius 1 is 0.902 bits per heavy atom. The van der Waals surface area contributed by atoms with Crippen molar-refractivity contribution in [3.63, 3.8) is 0 Å². The van der Waals surface area contributed by atoms with Gasteiger partial charge in [-0.2, -0.15) is 0 Å².